The van der Waals surface area contributed by atoms with E-state index in [4.69, 9.17) is 5.11 Å². The molecule has 0 saturated carbocycles. The number of anilines is 1. The first-order chi connectivity index (χ1) is 11.5. The Morgan fingerprint density at radius 1 is 1.04 bits per heavy atom. The highest BCUT2D eigenvalue weighted by atomic mass is 19.4. The van der Waals surface area contributed by atoms with Crippen molar-refractivity contribution in [3.63, 3.8) is 0 Å². The second kappa shape index (κ2) is 6.50. The Morgan fingerprint density at radius 2 is 1.68 bits per heavy atom. The molecule has 0 atom stereocenters. The van der Waals surface area contributed by atoms with Crippen molar-refractivity contribution in [3.05, 3.63) is 53.1 Å². The number of carbonyl (C=O) groups excluding carboxylic acids is 1. The molecule has 132 valence electrons. The summed E-state index contributed by atoms with van der Waals surface area (Å²) >= 11 is 0. The highest BCUT2D eigenvalue weighted by molar-refractivity contribution is 6.01. The van der Waals surface area contributed by atoms with E-state index < -0.39 is 57.6 Å². The van der Waals surface area contributed by atoms with E-state index in [2.05, 4.69) is 5.32 Å². The van der Waals surface area contributed by atoms with Gasteiger partial charge >= 0.3 is 12.1 Å². The van der Waals surface area contributed by atoms with Crippen LogP contribution >= 0.6 is 0 Å². The van der Waals surface area contributed by atoms with E-state index in [0.29, 0.717) is 18.2 Å². The smallest absolute Gasteiger partial charge is 0.417 e. The molecule has 0 radical (unpaired) electrons. The Kier molecular flexibility index (Phi) is 4.78. The topological polar surface area (TPSA) is 66.4 Å². The second-order valence-corrected chi connectivity index (χ2v) is 5.05. The van der Waals surface area contributed by atoms with Crippen LogP contribution in [0.3, 0.4) is 0 Å². The minimum atomic E-state index is -5.00. The van der Waals surface area contributed by atoms with Crippen molar-refractivity contribution >= 4 is 17.6 Å². The summed E-state index contributed by atoms with van der Waals surface area (Å²) in [6, 6.07) is 2.96. The Labute approximate surface area is 137 Å². The van der Waals surface area contributed by atoms with Crippen molar-refractivity contribution in [2.75, 3.05) is 5.32 Å². The van der Waals surface area contributed by atoms with Crippen molar-refractivity contribution in [2.24, 2.45) is 0 Å². The van der Waals surface area contributed by atoms with Gasteiger partial charge in [0.1, 0.15) is 11.6 Å². The van der Waals surface area contributed by atoms with Crippen LogP contribution < -0.4 is 5.32 Å². The maximum atomic E-state index is 13.9. The van der Waals surface area contributed by atoms with Crippen molar-refractivity contribution < 1.29 is 36.6 Å². The van der Waals surface area contributed by atoms with Crippen LogP contribution in [0.1, 0.15) is 22.8 Å². The molecule has 0 heterocycles. The number of hydrogen-bond acceptors (Lipinski definition) is 2. The van der Waals surface area contributed by atoms with Gasteiger partial charge in [-0.3, -0.25) is 4.79 Å². The number of amides is 1. The van der Waals surface area contributed by atoms with Crippen LogP contribution in [0.2, 0.25) is 0 Å². The Morgan fingerprint density at radius 3 is 2.16 bits per heavy atom. The van der Waals surface area contributed by atoms with Crippen LogP contribution in [0.15, 0.2) is 30.3 Å². The Balaban J connectivity index is 2.84. The molecule has 0 unspecified atom stereocenters. The van der Waals surface area contributed by atoms with E-state index in [1.54, 1.807) is 0 Å². The van der Waals surface area contributed by atoms with E-state index >= 15 is 0 Å². The third kappa shape index (κ3) is 3.93. The molecular weight excluding hydrogens is 349 g/mol. The first-order valence-electron chi connectivity index (χ1n) is 6.72. The van der Waals surface area contributed by atoms with Crippen molar-refractivity contribution in [1.82, 2.24) is 0 Å². The summed E-state index contributed by atoms with van der Waals surface area (Å²) in [5.41, 5.74) is -3.99. The molecule has 0 fully saturated rings. The average molecular weight is 359 g/mol. The molecule has 0 saturated heterocycles. The largest absolute Gasteiger partial charge is 0.478 e. The molecule has 0 aliphatic heterocycles. The molecule has 1 amide bonds. The number of alkyl halides is 3. The SMILES string of the molecule is CC(=O)Nc1cc(-c2ccc(F)cc2F)c(C(F)(F)F)cc1C(=O)O. The molecule has 25 heavy (non-hydrogen) atoms. The summed E-state index contributed by atoms with van der Waals surface area (Å²) in [4.78, 5) is 22.4. The van der Waals surface area contributed by atoms with Gasteiger partial charge < -0.3 is 10.4 Å². The molecule has 9 heteroatoms. The number of aromatic carboxylic acids is 1. The quantitative estimate of drug-likeness (QED) is 0.803. The van der Waals surface area contributed by atoms with Crippen molar-refractivity contribution in [2.45, 2.75) is 13.1 Å². The van der Waals surface area contributed by atoms with E-state index in [-0.39, 0.29) is 0 Å². The number of benzene rings is 2. The van der Waals surface area contributed by atoms with Crippen molar-refractivity contribution in [3.8, 4) is 11.1 Å². The minimum Gasteiger partial charge on any atom is -0.478 e. The fourth-order valence-corrected chi connectivity index (χ4v) is 2.23. The van der Waals surface area contributed by atoms with Crippen LogP contribution in [0.25, 0.3) is 11.1 Å². The number of nitrogens with one attached hydrogen (secondary N) is 1. The Bertz CT molecular complexity index is 862. The lowest BCUT2D eigenvalue weighted by molar-refractivity contribution is -0.137. The van der Waals surface area contributed by atoms with Gasteiger partial charge in [-0.05, 0) is 29.8 Å². The van der Waals surface area contributed by atoms with E-state index in [1.807, 2.05) is 0 Å². The number of carbonyl (C=O) groups is 2. The predicted octanol–water partition coefficient (Wildman–Crippen LogP) is 4.31. The molecule has 4 nitrogen and oxygen atoms in total. The number of halogens is 5. The highest BCUT2D eigenvalue weighted by Gasteiger charge is 2.36. The van der Waals surface area contributed by atoms with Crippen LogP contribution in [0.4, 0.5) is 27.6 Å². The molecule has 2 N–H and O–H groups in total. The summed E-state index contributed by atoms with van der Waals surface area (Å²) in [5.74, 6) is -4.69. The predicted molar refractivity (Wildman–Crippen MR) is 78.1 cm³/mol. The molecule has 0 aromatic heterocycles. The third-order valence-electron chi connectivity index (χ3n) is 3.23. The van der Waals surface area contributed by atoms with E-state index in [9.17, 15) is 31.5 Å². The van der Waals surface area contributed by atoms with Crippen LogP contribution in [-0.4, -0.2) is 17.0 Å². The maximum absolute atomic E-state index is 13.9. The third-order valence-corrected chi connectivity index (χ3v) is 3.23. The van der Waals surface area contributed by atoms with Crippen LogP contribution in [0, 0.1) is 11.6 Å². The fourth-order valence-electron chi connectivity index (χ4n) is 2.23. The summed E-state index contributed by atoms with van der Waals surface area (Å²) in [5, 5.41) is 11.2. The molecular formula is C16H10F5NO3. The average Bonchev–Trinajstić information content (AvgIpc) is 2.44. The number of rotatable bonds is 3. The number of hydrogen-bond donors (Lipinski definition) is 2. The van der Waals surface area contributed by atoms with E-state index in [0.717, 1.165) is 19.1 Å². The first kappa shape index (κ1) is 18.4. The number of carboxylic acids is 1. The minimum absolute atomic E-state index is 0.297. The standard InChI is InChI=1S/C16H10F5NO3/c1-7(23)22-14-6-10(9-3-2-8(17)4-13(9)18)12(16(19,20)21)5-11(14)15(24)25/h2-6H,1H3,(H,22,23)(H,24,25). The fraction of sp³-hybridized carbons (Fsp3) is 0.125. The lowest BCUT2D eigenvalue weighted by atomic mass is 9.95. The normalized spacial score (nSPS) is 11.3. The van der Waals surface area contributed by atoms with Gasteiger partial charge in [-0.2, -0.15) is 13.2 Å². The molecule has 2 aromatic carbocycles. The van der Waals surface area contributed by atoms with Gasteiger partial charge in [0.2, 0.25) is 5.91 Å². The zero-order chi connectivity index (χ0) is 18.9. The summed E-state index contributed by atoms with van der Waals surface area (Å²) < 4.78 is 66.9. The second-order valence-electron chi connectivity index (χ2n) is 5.05. The van der Waals surface area contributed by atoms with Crippen LogP contribution in [0.5, 0.6) is 0 Å². The van der Waals surface area contributed by atoms with Crippen LogP contribution in [-0.2, 0) is 11.0 Å². The summed E-state index contributed by atoms with van der Waals surface area (Å²) in [6.45, 7) is 1.03. The summed E-state index contributed by atoms with van der Waals surface area (Å²) in [7, 11) is 0. The summed E-state index contributed by atoms with van der Waals surface area (Å²) in [6.07, 6.45) is -5.00. The van der Waals surface area contributed by atoms with Gasteiger partial charge in [0.15, 0.2) is 0 Å². The zero-order valence-corrected chi connectivity index (χ0v) is 12.5. The molecule has 2 aromatic rings. The molecule has 0 spiro atoms. The van der Waals surface area contributed by atoms with Gasteiger partial charge in [-0.25, -0.2) is 13.6 Å². The molecule has 0 aliphatic rings. The van der Waals surface area contributed by atoms with Gasteiger partial charge in [0, 0.05) is 18.6 Å². The van der Waals surface area contributed by atoms with Crippen molar-refractivity contribution in [1.29, 1.82) is 0 Å². The van der Waals surface area contributed by atoms with Gasteiger partial charge in [0.25, 0.3) is 0 Å². The molecule has 0 aliphatic carbocycles. The molecule has 0 bridgehead atoms. The van der Waals surface area contributed by atoms with Gasteiger partial charge in [0.05, 0.1) is 16.8 Å². The number of carboxylic acid groups (broad SMARTS) is 1. The van der Waals surface area contributed by atoms with Gasteiger partial charge in [-0.15, -0.1) is 0 Å². The molecule has 2 rings (SSSR count). The lowest BCUT2D eigenvalue weighted by Crippen LogP contribution is -2.15. The van der Waals surface area contributed by atoms with Gasteiger partial charge in [-0.1, -0.05) is 0 Å². The Hall–Kier alpha value is -2.97. The lowest BCUT2D eigenvalue weighted by Gasteiger charge is -2.17. The zero-order valence-electron chi connectivity index (χ0n) is 12.5. The maximum Gasteiger partial charge on any atom is 0.417 e. The monoisotopic (exact) mass is 359 g/mol. The first-order valence-corrected chi connectivity index (χ1v) is 6.72. The van der Waals surface area contributed by atoms with E-state index in [1.165, 1.54) is 0 Å². The highest BCUT2D eigenvalue weighted by Crippen LogP contribution is 2.41.